The van der Waals surface area contributed by atoms with Crippen LogP contribution in [0.15, 0.2) is 53.1 Å². The van der Waals surface area contributed by atoms with Gasteiger partial charge in [0.15, 0.2) is 5.96 Å². The van der Waals surface area contributed by atoms with Gasteiger partial charge in [0.2, 0.25) is 0 Å². The highest BCUT2D eigenvalue weighted by Gasteiger charge is 2.31. The lowest BCUT2D eigenvalue weighted by Crippen LogP contribution is -2.45. The lowest BCUT2D eigenvalue weighted by Gasteiger charge is -2.39. The third-order valence-corrected chi connectivity index (χ3v) is 6.63. The van der Waals surface area contributed by atoms with Crippen molar-refractivity contribution in [3.05, 3.63) is 58.7 Å². The van der Waals surface area contributed by atoms with Crippen LogP contribution in [0.1, 0.15) is 29.5 Å². The van der Waals surface area contributed by atoms with Gasteiger partial charge in [0.05, 0.1) is 5.69 Å². The predicted octanol–water partition coefficient (Wildman–Crippen LogP) is 3.19. The number of nitrogens with one attached hydrogen (secondary N) is 2. The van der Waals surface area contributed by atoms with Crippen LogP contribution in [0.25, 0.3) is 5.65 Å². The Bertz CT molecular complexity index is 899. The Morgan fingerprint density at radius 3 is 3.00 bits per heavy atom. The minimum absolute atomic E-state index is 0.493. The maximum absolute atomic E-state index is 4.66. The second-order valence-corrected chi connectivity index (χ2v) is 8.65. The largest absolute Gasteiger partial charge is 0.356 e. The molecule has 6 nitrogen and oxygen atoms in total. The van der Waals surface area contributed by atoms with Crippen LogP contribution in [0, 0.1) is 5.92 Å². The van der Waals surface area contributed by atoms with Crippen molar-refractivity contribution in [2.24, 2.45) is 10.9 Å². The van der Waals surface area contributed by atoms with Crippen molar-refractivity contribution in [1.82, 2.24) is 24.9 Å². The van der Waals surface area contributed by atoms with E-state index < -0.39 is 0 Å². The number of rotatable bonds is 6. The van der Waals surface area contributed by atoms with E-state index in [2.05, 4.69) is 60.7 Å². The highest BCUT2D eigenvalue weighted by atomic mass is 32.1. The van der Waals surface area contributed by atoms with Crippen molar-refractivity contribution >= 4 is 22.9 Å². The van der Waals surface area contributed by atoms with Crippen LogP contribution >= 0.6 is 11.3 Å². The number of aromatic nitrogens is 2. The number of likely N-dealkylation sites (tertiary alicyclic amines) is 1. The maximum Gasteiger partial charge on any atom is 0.190 e. The maximum atomic E-state index is 4.66. The van der Waals surface area contributed by atoms with Gasteiger partial charge >= 0.3 is 0 Å². The molecule has 7 heteroatoms. The number of piperidine rings is 1. The highest BCUT2D eigenvalue weighted by molar-refractivity contribution is 7.10. The first kappa shape index (κ1) is 19.9. The number of hydrogen-bond donors (Lipinski definition) is 2. The standard InChI is InChI=1S/C22H30N6S/c1-23-22(24-11-10-18-16-28-13-4-3-9-20(28)26-18)25-15-17-7-5-12-27(2)21(17)19-8-6-14-29-19/h3-4,6,8-9,13-14,16-17,21H,5,7,10-12,15H2,1-2H3,(H2,23,24,25). The molecule has 2 unspecified atom stereocenters. The summed E-state index contributed by atoms with van der Waals surface area (Å²) in [5, 5.41) is 9.18. The molecule has 1 saturated heterocycles. The summed E-state index contributed by atoms with van der Waals surface area (Å²) in [6, 6.07) is 11.0. The van der Waals surface area contributed by atoms with Gasteiger partial charge in [-0.15, -0.1) is 11.3 Å². The molecule has 0 amide bonds. The Morgan fingerprint density at radius 2 is 2.21 bits per heavy atom. The smallest absolute Gasteiger partial charge is 0.190 e. The van der Waals surface area contributed by atoms with E-state index in [0.29, 0.717) is 12.0 Å². The van der Waals surface area contributed by atoms with Gasteiger partial charge in [0.25, 0.3) is 0 Å². The van der Waals surface area contributed by atoms with E-state index >= 15 is 0 Å². The molecule has 2 atom stereocenters. The molecule has 0 aliphatic carbocycles. The lowest BCUT2D eigenvalue weighted by molar-refractivity contribution is 0.125. The fourth-order valence-corrected chi connectivity index (χ4v) is 5.23. The van der Waals surface area contributed by atoms with Crippen LogP contribution in [-0.4, -0.2) is 54.0 Å². The molecule has 154 valence electrons. The van der Waals surface area contributed by atoms with Gasteiger partial charge in [-0.1, -0.05) is 12.1 Å². The van der Waals surface area contributed by atoms with Gasteiger partial charge < -0.3 is 15.0 Å². The first-order valence-corrected chi connectivity index (χ1v) is 11.2. The minimum Gasteiger partial charge on any atom is -0.356 e. The van der Waals surface area contributed by atoms with Crippen molar-refractivity contribution < 1.29 is 0 Å². The molecule has 2 N–H and O–H groups in total. The summed E-state index contributed by atoms with van der Waals surface area (Å²) in [5.41, 5.74) is 2.08. The topological polar surface area (TPSA) is 57.0 Å². The molecule has 0 bridgehead atoms. The number of pyridine rings is 1. The van der Waals surface area contributed by atoms with Crippen molar-refractivity contribution in [3.8, 4) is 0 Å². The monoisotopic (exact) mass is 410 g/mol. The first-order chi connectivity index (χ1) is 14.2. The molecule has 1 aliphatic heterocycles. The Kier molecular flexibility index (Phi) is 6.46. The number of fused-ring (bicyclic) bond motifs is 1. The highest BCUT2D eigenvalue weighted by Crippen LogP contribution is 2.36. The van der Waals surface area contributed by atoms with Gasteiger partial charge in [-0.2, -0.15) is 0 Å². The number of guanidine groups is 1. The second kappa shape index (κ2) is 9.41. The Hall–Kier alpha value is -2.38. The third-order valence-electron chi connectivity index (χ3n) is 5.68. The molecule has 0 aromatic carbocycles. The zero-order valence-corrected chi connectivity index (χ0v) is 18.0. The zero-order chi connectivity index (χ0) is 20.1. The summed E-state index contributed by atoms with van der Waals surface area (Å²) >= 11 is 1.87. The quantitative estimate of drug-likeness (QED) is 0.484. The van der Waals surface area contributed by atoms with E-state index in [1.54, 1.807) is 0 Å². The summed E-state index contributed by atoms with van der Waals surface area (Å²) in [7, 11) is 4.09. The van der Waals surface area contributed by atoms with Gasteiger partial charge in [-0.3, -0.25) is 9.89 Å². The number of aliphatic imine (C=N–C) groups is 1. The van der Waals surface area contributed by atoms with Crippen molar-refractivity contribution in [2.45, 2.75) is 25.3 Å². The summed E-state index contributed by atoms with van der Waals surface area (Å²) in [4.78, 5) is 13.0. The molecule has 3 aromatic heterocycles. The molecule has 3 aromatic rings. The molecule has 4 heterocycles. The number of nitrogens with zero attached hydrogens (tertiary/aromatic N) is 4. The van der Waals surface area contributed by atoms with E-state index in [9.17, 15) is 0 Å². The van der Waals surface area contributed by atoms with Gasteiger partial charge in [-0.05, 0) is 55.9 Å². The molecule has 1 fully saturated rings. The van der Waals surface area contributed by atoms with Gasteiger partial charge in [0, 0.05) is 49.9 Å². The van der Waals surface area contributed by atoms with Crippen LogP contribution < -0.4 is 10.6 Å². The number of hydrogen-bond acceptors (Lipinski definition) is 4. The minimum atomic E-state index is 0.493. The normalized spacial score (nSPS) is 20.8. The van der Waals surface area contributed by atoms with Crippen LogP contribution in [-0.2, 0) is 6.42 Å². The van der Waals surface area contributed by atoms with E-state index in [-0.39, 0.29) is 0 Å². The van der Waals surface area contributed by atoms with E-state index in [1.807, 2.05) is 42.8 Å². The summed E-state index contributed by atoms with van der Waals surface area (Å²) < 4.78 is 2.06. The molecule has 4 rings (SSSR count). The number of imidazole rings is 1. The Morgan fingerprint density at radius 1 is 1.28 bits per heavy atom. The first-order valence-electron chi connectivity index (χ1n) is 10.4. The van der Waals surface area contributed by atoms with Gasteiger partial charge in [0.1, 0.15) is 5.65 Å². The SMILES string of the molecule is CN=C(NCCc1cn2ccccc2n1)NCC1CCCN(C)C1c1cccs1. The molecule has 0 spiro atoms. The summed E-state index contributed by atoms with van der Waals surface area (Å²) in [6.07, 6.45) is 7.50. The Labute approximate surface area is 176 Å². The third kappa shape index (κ3) is 4.79. The molecular formula is C22H30N6S. The molecule has 0 saturated carbocycles. The summed E-state index contributed by atoms with van der Waals surface area (Å²) in [5.74, 6) is 1.45. The predicted molar refractivity (Wildman–Crippen MR) is 121 cm³/mol. The van der Waals surface area contributed by atoms with E-state index in [4.69, 9.17) is 0 Å². The molecular weight excluding hydrogens is 380 g/mol. The molecule has 29 heavy (non-hydrogen) atoms. The van der Waals surface area contributed by atoms with Crippen LogP contribution in [0.4, 0.5) is 0 Å². The van der Waals surface area contributed by atoms with Crippen LogP contribution in [0.3, 0.4) is 0 Å². The fraction of sp³-hybridized carbons (Fsp3) is 0.455. The lowest BCUT2D eigenvalue weighted by atomic mass is 9.88. The number of thiophene rings is 1. The summed E-state index contributed by atoms with van der Waals surface area (Å²) in [6.45, 7) is 2.91. The zero-order valence-electron chi connectivity index (χ0n) is 17.2. The van der Waals surface area contributed by atoms with Gasteiger partial charge in [-0.25, -0.2) is 4.98 Å². The molecule has 0 radical (unpaired) electrons. The van der Waals surface area contributed by atoms with Crippen molar-refractivity contribution in [3.63, 3.8) is 0 Å². The van der Waals surface area contributed by atoms with E-state index in [1.165, 1.54) is 24.3 Å². The van der Waals surface area contributed by atoms with E-state index in [0.717, 1.165) is 36.8 Å². The van der Waals surface area contributed by atoms with Crippen molar-refractivity contribution in [1.29, 1.82) is 0 Å². The second-order valence-electron chi connectivity index (χ2n) is 7.67. The van der Waals surface area contributed by atoms with Crippen LogP contribution in [0.2, 0.25) is 0 Å². The average molecular weight is 411 g/mol. The molecule has 1 aliphatic rings. The fourth-order valence-electron chi connectivity index (χ4n) is 4.25. The Balaban J connectivity index is 1.29. The average Bonchev–Trinajstić information content (AvgIpc) is 3.40. The van der Waals surface area contributed by atoms with Crippen LogP contribution in [0.5, 0.6) is 0 Å². The van der Waals surface area contributed by atoms with Crippen molar-refractivity contribution in [2.75, 3.05) is 33.7 Å².